The van der Waals surface area contributed by atoms with Crippen LogP contribution in [0.5, 0.6) is 0 Å². The molecule has 3 heteroatoms. The molecule has 1 aromatic carbocycles. The number of rotatable bonds is 2. The molecule has 0 aliphatic heterocycles. The molecule has 0 atom stereocenters. The first-order chi connectivity index (χ1) is 6.02. The van der Waals surface area contributed by atoms with E-state index in [1.54, 1.807) is 12.1 Å². The van der Waals surface area contributed by atoms with Gasteiger partial charge in [0.15, 0.2) is 0 Å². The van der Waals surface area contributed by atoms with Crippen LogP contribution in [0.15, 0.2) is 18.2 Å². The summed E-state index contributed by atoms with van der Waals surface area (Å²) in [5.74, 6) is 0.417. The summed E-state index contributed by atoms with van der Waals surface area (Å²) in [5, 5.41) is 10.4. The highest BCUT2D eigenvalue weighted by atomic mass is 16.6. The summed E-state index contributed by atoms with van der Waals surface area (Å²) < 4.78 is 0. The maximum Gasteiger partial charge on any atom is 0.269 e. The fraction of sp³-hybridized carbons (Fsp3) is 0.400. The molecule has 0 aliphatic carbocycles. The Hall–Kier alpha value is -1.38. The van der Waals surface area contributed by atoms with E-state index in [0.29, 0.717) is 5.92 Å². The second-order valence-electron chi connectivity index (χ2n) is 3.45. The van der Waals surface area contributed by atoms with E-state index < -0.39 is 0 Å². The maximum absolute atomic E-state index is 10.4. The van der Waals surface area contributed by atoms with E-state index in [2.05, 4.69) is 13.8 Å². The average molecular weight is 179 g/mol. The van der Waals surface area contributed by atoms with Gasteiger partial charge in [0.1, 0.15) is 0 Å². The van der Waals surface area contributed by atoms with Crippen molar-refractivity contribution in [1.82, 2.24) is 0 Å². The largest absolute Gasteiger partial charge is 0.269 e. The zero-order valence-electron chi connectivity index (χ0n) is 8.07. The van der Waals surface area contributed by atoms with Gasteiger partial charge in [-0.05, 0) is 24.0 Å². The van der Waals surface area contributed by atoms with Crippen LogP contribution in [0.3, 0.4) is 0 Å². The van der Waals surface area contributed by atoms with Crippen LogP contribution in [0, 0.1) is 17.0 Å². The molecule has 0 aliphatic rings. The Kier molecular flexibility index (Phi) is 2.66. The Balaban J connectivity index is 3.13. The van der Waals surface area contributed by atoms with Crippen LogP contribution in [-0.2, 0) is 0 Å². The summed E-state index contributed by atoms with van der Waals surface area (Å²) in [6.07, 6.45) is 0. The highest BCUT2D eigenvalue weighted by Crippen LogP contribution is 2.22. The first-order valence-electron chi connectivity index (χ1n) is 4.27. The average Bonchev–Trinajstić information content (AvgIpc) is 2.03. The van der Waals surface area contributed by atoms with Gasteiger partial charge in [-0.2, -0.15) is 0 Å². The van der Waals surface area contributed by atoms with E-state index in [4.69, 9.17) is 0 Å². The molecule has 0 saturated heterocycles. The smallest absolute Gasteiger partial charge is 0.258 e. The SMILES string of the molecule is Cc1cc([N+](=O)[O-])ccc1C(C)C. The van der Waals surface area contributed by atoms with Crippen molar-refractivity contribution in [2.45, 2.75) is 26.7 Å². The lowest BCUT2D eigenvalue weighted by Crippen LogP contribution is -1.94. The molecule has 0 heterocycles. The van der Waals surface area contributed by atoms with Gasteiger partial charge in [0.05, 0.1) is 4.92 Å². The summed E-state index contributed by atoms with van der Waals surface area (Å²) in [6, 6.07) is 5.01. The molecule has 1 rings (SSSR count). The minimum Gasteiger partial charge on any atom is -0.258 e. The number of hydrogen-bond donors (Lipinski definition) is 0. The summed E-state index contributed by atoms with van der Waals surface area (Å²) in [6.45, 7) is 6.06. The van der Waals surface area contributed by atoms with Crippen LogP contribution in [0.1, 0.15) is 30.9 Å². The van der Waals surface area contributed by atoms with Crippen molar-refractivity contribution in [1.29, 1.82) is 0 Å². The molecule has 3 nitrogen and oxygen atoms in total. The van der Waals surface area contributed by atoms with Crippen LogP contribution >= 0.6 is 0 Å². The van der Waals surface area contributed by atoms with Crippen LogP contribution in [0.25, 0.3) is 0 Å². The van der Waals surface area contributed by atoms with Crippen molar-refractivity contribution >= 4 is 5.69 Å². The zero-order valence-corrected chi connectivity index (χ0v) is 8.07. The minimum absolute atomic E-state index is 0.168. The molecule has 0 N–H and O–H groups in total. The second-order valence-corrected chi connectivity index (χ2v) is 3.45. The van der Waals surface area contributed by atoms with Crippen molar-refractivity contribution in [3.8, 4) is 0 Å². The predicted octanol–water partition coefficient (Wildman–Crippen LogP) is 3.03. The lowest BCUT2D eigenvalue weighted by atomic mass is 9.98. The number of aryl methyl sites for hydroxylation is 1. The topological polar surface area (TPSA) is 43.1 Å². The summed E-state index contributed by atoms with van der Waals surface area (Å²) in [5.41, 5.74) is 2.33. The van der Waals surface area contributed by atoms with Crippen molar-refractivity contribution in [2.75, 3.05) is 0 Å². The van der Waals surface area contributed by atoms with Crippen LogP contribution in [-0.4, -0.2) is 4.92 Å². The Labute approximate surface area is 77.5 Å². The molecule has 0 spiro atoms. The molecule has 0 radical (unpaired) electrons. The van der Waals surface area contributed by atoms with Crippen LogP contribution < -0.4 is 0 Å². The highest BCUT2D eigenvalue weighted by Gasteiger charge is 2.09. The second kappa shape index (κ2) is 3.56. The van der Waals surface area contributed by atoms with Crippen LogP contribution in [0.2, 0.25) is 0 Å². The third-order valence-corrected chi connectivity index (χ3v) is 2.09. The first kappa shape index (κ1) is 9.71. The molecule has 0 unspecified atom stereocenters. The number of benzene rings is 1. The van der Waals surface area contributed by atoms with Gasteiger partial charge < -0.3 is 0 Å². The van der Waals surface area contributed by atoms with Crippen molar-refractivity contribution in [3.05, 3.63) is 39.4 Å². The fourth-order valence-corrected chi connectivity index (χ4v) is 1.42. The lowest BCUT2D eigenvalue weighted by Gasteiger charge is -2.08. The minimum atomic E-state index is -0.364. The van der Waals surface area contributed by atoms with E-state index in [0.717, 1.165) is 5.56 Å². The van der Waals surface area contributed by atoms with E-state index >= 15 is 0 Å². The van der Waals surface area contributed by atoms with Crippen molar-refractivity contribution in [2.24, 2.45) is 0 Å². The number of nitro benzene ring substituents is 1. The molecule has 0 bridgehead atoms. The summed E-state index contributed by atoms with van der Waals surface area (Å²) in [7, 11) is 0. The zero-order chi connectivity index (χ0) is 10.0. The Morgan fingerprint density at radius 2 is 2.00 bits per heavy atom. The standard InChI is InChI=1S/C10H13NO2/c1-7(2)10-5-4-9(11(12)13)6-8(10)3/h4-7H,1-3H3. The number of hydrogen-bond acceptors (Lipinski definition) is 2. The highest BCUT2D eigenvalue weighted by molar-refractivity contribution is 5.40. The van der Waals surface area contributed by atoms with Gasteiger partial charge in [0.2, 0.25) is 0 Å². The molecule has 0 saturated carbocycles. The predicted molar refractivity (Wildman–Crippen MR) is 51.9 cm³/mol. The normalized spacial score (nSPS) is 10.5. The molecule has 70 valence electrons. The van der Waals surface area contributed by atoms with Crippen molar-refractivity contribution in [3.63, 3.8) is 0 Å². The Morgan fingerprint density at radius 1 is 1.38 bits per heavy atom. The number of non-ortho nitro benzene ring substituents is 1. The van der Waals surface area contributed by atoms with E-state index in [-0.39, 0.29) is 10.6 Å². The van der Waals surface area contributed by atoms with Crippen LogP contribution in [0.4, 0.5) is 5.69 Å². The molecule has 0 aromatic heterocycles. The summed E-state index contributed by atoms with van der Waals surface area (Å²) >= 11 is 0. The van der Waals surface area contributed by atoms with E-state index in [1.807, 2.05) is 13.0 Å². The van der Waals surface area contributed by atoms with Gasteiger partial charge in [-0.1, -0.05) is 19.9 Å². The first-order valence-corrected chi connectivity index (χ1v) is 4.27. The molecule has 0 amide bonds. The number of nitro groups is 1. The molecule has 1 aromatic rings. The molecule has 13 heavy (non-hydrogen) atoms. The van der Waals surface area contributed by atoms with E-state index in [1.165, 1.54) is 5.56 Å². The van der Waals surface area contributed by atoms with Crippen molar-refractivity contribution < 1.29 is 4.92 Å². The third-order valence-electron chi connectivity index (χ3n) is 2.09. The van der Waals surface area contributed by atoms with Gasteiger partial charge in [0, 0.05) is 12.1 Å². The van der Waals surface area contributed by atoms with Gasteiger partial charge in [-0.15, -0.1) is 0 Å². The van der Waals surface area contributed by atoms with E-state index in [9.17, 15) is 10.1 Å². The Bertz CT molecular complexity index is 332. The van der Waals surface area contributed by atoms with Gasteiger partial charge in [-0.3, -0.25) is 10.1 Å². The maximum atomic E-state index is 10.4. The number of nitrogens with zero attached hydrogens (tertiary/aromatic N) is 1. The monoisotopic (exact) mass is 179 g/mol. The van der Waals surface area contributed by atoms with Gasteiger partial charge in [-0.25, -0.2) is 0 Å². The molecule has 0 fully saturated rings. The quantitative estimate of drug-likeness (QED) is 0.517. The summed E-state index contributed by atoms with van der Waals surface area (Å²) in [4.78, 5) is 10.1. The fourth-order valence-electron chi connectivity index (χ4n) is 1.42. The molecular formula is C10H13NO2. The third kappa shape index (κ3) is 2.05. The van der Waals surface area contributed by atoms with Gasteiger partial charge in [0.25, 0.3) is 5.69 Å². The Morgan fingerprint density at radius 3 is 2.38 bits per heavy atom. The van der Waals surface area contributed by atoms with Gasteiger partial charge >= 0.3 is 0 Å². The lowest BCUT2D eigenvalue weighted by molar-refractivity contribution is -0.384. The molecular weight excluding hydrogens is 166 g/mol.